The lowest BCUT2D eigenvalue weighted by Gasteiger charge is -2.06. The minimum Gasteiger partial charge on any atom is -0.392 e. The molecule has 18 heavy (non-hydrogen) atoms. The summed E-state index contributed by atoms with van der Waals surface area (Å²) in [5, 5.41) is 12.4. The van der Waals surface area contributed by atoms with Gasteiger partial charge in [-0.15, -0.1) is 0 Å². The fourth-order valence-corrected chi connectivity index (χ4v) is 1.68. The highest BCUT2D eigenvalue weighted by Gasteiger charge is 2.05. The Hall–Kier alpha value is -1.84. The maximum atomic E-state index is 11.9. The normalized spacial score (nSPS) is 10.1. The zero-order valence-corrected chi connectivity index (χ0v) is 10.3. The van der Waals surface area contributed by atoms with E-state index in [9.17, 15) is 4.79 Å². The third kappa shape index (κ3) is 3.09. The molecule has 92 valence electrons. The molecule has 0 spiro atoms. The van der Waals surface area contributed by atoms with Gasteiger partial charge in [0.15, 0.2) is 0 Å². The standard InChI is InChI=1S/C14H12ClNO2/c15-12-6-4-11(5-7-12)14(18)16-13-3-1-2-10(8-13)9-17/h1-8,17H,9H2,(H,16,18). The van der Waals surface area contributed by atoms with Crippen molar-refractivity contribution < 1.29 is 9.90 Å². The van der Waals surface area contributed by atoms with Gasteiger partial charge < -0.3 is 10.4 Å². The van der Waals surface area contributed by atoms with Gasteiger partial charge in [0, 0.05) is 16.3 Å². The molecule has 0 aliphatic heterocycles. The summed E-state index contributed by atoms with van der Waals surface area (Å²) in [6.45, 7) is -0.0509. The number of hydrogen-bond donors (Lipinski definition) is 2. The number of carbonyl (C=O) groups is 1. The Morgan fingerprint density at radius 3 is 2.56 bits per heavy atom. The molecule has 2 N–H and O–H groups in total. The number of nitrogens with one attached hydrogen (secondary N) is 1. The van der Waals surface area contributed by atoms with Crippen LogP contribution in [0.1, 0.15) is 15.9 Å². The molecule has 3 nitrogen and oxygen atoms in total. The Balaban J connectivity index is 2.13. The van der Waals surface area contributed by atoms with Crippen molar-refractivity contribution in [2.45, 2.75) is 6.61 Å². The molecule has 2 aromatic rings. The largest absolute Gasteiger partial charge is 0.392 e. The monoisotopic (exact) mass is 261 g/mol. The molecule has 0 atom stereocenters. The molecule has 4 heteroatoms. The molecule has 2 rings (SSSR count). The average molecular weight is 262 g/mol. The molecule has 0 heterocycles. The zero-order chi connectivity index (χ0) is 13.0. The Bertz CT molecular complexity index is 552. The van der Waals surface area contributed by atoms with Gasteiger partial charge in [0.05, 0.1) is 6.61 Å². The van der Waals surface area contributed by atoms with Crippen molar-refractivity contribution in [3.63, 3.8) is 0 Å². The third-order valence-electron chi connectivity index (χ3n) is 2.47. The molecule has 0 fully saturated rings. The molecule has 0 unspecified atom stereocenters. The van der Waals surface area contributed by atoms with E-state index in [0.717, 1.165) is 5.56 Å². The van der Waals surface area contributed by atoms with Gasteiger partial charge in [-0.1, -0.05) is 23.7 Å². The van der Waals surface area contributed by atoms with Crippen molar-refractivity contribution in [3.05, 3.63) is 64.7 Å². The molecular formula is C14H12ClNO2. The van der Waals surface area contributed by atoms with E-state index in [-0.39, 0.29) is 12.5 Å². The third-order valence-corrected chi connectivity index (χ3v) is 2.73. The second-order valence-electron chi connectivity index (χ2n) is 3.82. The molecule has 0 aromatic heterocycles. The zero-order valence-electron chi connectivity index (χ0n) is 9.56. The van der Waals surface area contributed by atoms with E-state index < -0.39 is 0 Å². The van der Waals surface area contributed by atoms with E-state index >= 15 is 0 Å². The molecule has 0 bridgehead atoms. The Kier molecular flexibility index (Phi) is 3.97. The lowest BCUT2D eigenvalue weighted by molar-refractivity contribution is 0.102. The summed E-state index contributed by atoms with van der Waals surface area (Å²) < 4.78 is 0. The van der Waals surface area contributed by atoms with E-state index in [0.29, 0.717) is 16.3 Å². The molecule has 0 radical (unpaired) electrons. The van der Waals surface area contributed by atoms with Crippen molar-refractivity contribution in [2.75, 3.05) is 5.32 Å². The van der Waals surface area contributed by atoms with Crippen LogP contribution in [0.4, 0.5) is 5.69 Å². The van der Waals surface area contributed by atoms with Gasteiger partial charge in [-0.25, -0.2) is 0 Å². The number of benzene rings is 2. The quantitative estimate of drug-likeness (QED) is 0.892. The van der Waals surface area contributed by atoms with Crippen LogP contribution >= 0.6 is 11.6 Å². The second-order valence-corrected chi connectivity index (χ2v) is 4.26. The number of anilines is 1. The highest BCUT2D eigenvalue weighted by molar-refractivity contribution is 6.30. The maximum absolute atomic E-state index is 11.9. The minimum atomic E-state index is -0.207. The van der Waals surface area contributed by atoms with Crippen LogP contribution in [0.3, 0.4) is 0 Å². The summed E-state index contributed by atoms with van der Waals surface area (Å²) in [5.74, 6) is -0.207. The van der Waals surface area contributed by atoms with Gasteiger partial charge >= 0.3 is 0 Å². The van der Waals surface area contributed by atoms with Crippen LogP contribution in [-0.4, -0.2) is 11.0 Å². The SMILES string of the molecule is O=C(Nc1cccc(CO)c1)c1ccc(Cl)cc1. The fourth-order valence-electron chi connectivity index (χ4n) is 1.55. The number of carbonyl (C=O) groups excluding carboxylic acids is 1. The predicted octanol–water partition coefficient (Wildman–Crippen LogP) is 3.08. The maximum Gasteiger partial charge on any atom is 0.255 e. The molecule has 0 saturated carbocycles. The molecule has 2 aromatic carbocycles. The lowest BCUT2D eigenvalue weighted by Crippen LogP contribution is -2.11. The van der Waals surface area contributed by atoms with Crippen LogP contribution in [0.15, 0.2) is 48.5 Å². The van der Waals surface area contributed by atoms with E-state index in [4.69, 9.17) is 16.7 Å². The lowest BCUT2D eigenvalue weighted by atomic mass is 10.2. The smallest absolute Gasteiger partial charge is 0.255 e. The van der Waals surface area contributed by atoms with Gasteiger partial charge in [-0.2, -0.15) is 0 Å². The van der Waals surface area contributed by atoms with Crippen LogP contribution in [0.5, 0.6) is 0 Å². The number of amides is 1. The number of hydrogen-bond acceptors (Lipinski definition) is 2. The van der Waals surface area contributed by atoms with Crippen LogP contribution in [0.2, 0.25) is 5.02 Å². The predicted molar refractivity (Wildman–Crippen MR) is 71.8 cm³/mol. The summed E-state index contributed by atoms with van der Waals surface area (Å²) in [5.41, 5.74) is 1.94. The fraction of sp³-hybridized carbons (Fsp3) is 0.0714. The van der Waals surface area contributed by atoms with Gasteiger partial charge in [0.1, 0.15) is 0 Å². The highest BCUT2D eigenvalue weighted by atomic mass is 35.5. The van der Waals surface area contributed by atoms with Crippen LogP contribution in [0, 0.1) is 0 Å². The van der Waals surface area contributed by atoms with Gasteiger partial charge in [-0.05, 0) is 42.0 Å². The van der Waals surface area contributed by atoms with Gasteiger partial charge in [0.25, 0.3) is 5.91 Å². The van der Waals surface area contributed by atoms with E-state index in [2.05, 4.69) is 5.32 Å². The second kappa shape index (κ2) is 5.67. The minimum absolute atomic E-state index is 0.0509. The van der Waals surface area contributed by atoms with Crippen LogP contribution < -0.4 is 5.32 Å². The topological polar surface area (TPSA) is 49.3 Å². The molecule has 0 aliphatic rings. The Morgan fingerprint density at radius 1 is 1.17 bits per heavy atom. The number of halogens is 1. The van der Waals surface area contributed by atoms with Crippen molar-refractivity contribution in [3.8, 4) is 0 Å². The number of rotatable bonds is 3. The average Bonchev–Trinajstić information content (AvgIpc) is 2.39. The molecule has 0 aliphatic carbocycles. The van der Waals surface area contributed by atoms with E-state index in [1.165, 1.54) is 0 Å². The summed E-state index contributed by atoms with van der Waals surface area (Å²) in [6, 6.07) is 13.7. The van der Waals surface area contributed by atoms with Gasteiger partial charge in [0.2, 0.25) is 0 Å². The highest BCUT2D eigenvalue weighted by Crippen LogP contribution is 2.14. The Labute approximate surface area is 110 Å². The number of aliphatic hydroxyl groups excluding tert-OH is 1. The van der Waals surface area contributed by atoms with Crippen molar-refractivity contribution >= 4 is 23.2 Å². The number of aliphatic hydroxyl groups is 1. The van der Waals surface area contributed by atoms with Crippen molar-refractivity contribution in [1.29, 1.82) is 0 Å². The van der Waals surface area contributed by atoms with E-state index in [1.54, 1.807) is 48.5 Å². The summed E-state index contributed by atoms with van der Waals surface area (Å²) in [6.07, 6.45) is 0. The summed E-state index contributed by atoms with van der Waals surface area (Å²) >= 11 is 5.76. The van der Waals surface area contributed by atoms with Crippen molar-refractivity contribution in [1.82, 2.24) is 0 Å². The van der Waals surface area contributed by atoms with E-state index in [1.807, 2.05) is 0 Å². The van der Waals surface area contributed by atoms with Crippen LogP contribution in [0.25, 0.3) is 0 Å². The molecule has 1 amide bonds. The first kappa shape index (κ1) is 12.6. The van der Waals surface area contributed by atoms with Crippen molar-refractivity contribution in [2.24, 2.45) is 0 Å². The van der Waals surface area contributed by atoms with Crippen LogP contribution in [-0.2, 0) is 6.61 Å². The summed E-state index contributed by atoms with van der Waals surface area (Å²) in [4.78, 5) is 11.9. The first-order chi connectivity index (χ1) is 8.69. The van der Waals surface area contributed by atoms with Gasteiger partial charge in [-0.3, -0.25) is 4.79 Å². The Morgan fingerprint density at radius 2 is 1.89 bits per heavy atom. The molecule has 0 saturated heterocycles. The first-order valence-corrected chi connectivity index (χ1v) is 5.83. The first-order valence-electron chi connectivity index (χ1n) is 5.46. The molecular weight excluding hydrogens is 250 g/mol. The summed E-state index contributed by atoms with van der Waals surface area (Å²) in [7, 11) is 0.